The summed E-state index contributed by atoms with van der Waals surface area (Å²) in [6.45, 7) is 0. The van der Waals surface area contributed by atoms with Crippen molar-refractivity contribution in [3.05, 3.63) is 21.3 Å². The summed E-state index contributed by atoms with van der Waals surface area (Å²) in [5, 5.41) is 0. The molecule has 0 aliphatic rings. The summed E-state index contributed by atoms with van der Waals surface area (Å²) >= 11 is 7.02. The van der Waals surface area contributed by atoms with Gasteiger partial charge in [0, 0.05) is 4.88 Å². The lowest BCUT2D eigenvalue weighted by atomic mass is 10.3. The number of rotatable bonds is 2. The van der Waals surface area contributed by atoms with Gasteiger partial charge in [-0.05, 0) is 12.1 Å². The second-order valence-corrected chi connectivity index (χ2v) is 3.75. The highest BCUT2D eigenvalue weighted by Crippen LogP contribution is 2.21. The minimum atomic E-state index is -0.205. The van der Waals surface area contributed by atoms with Gasteiger partial charge in [0.2, 0.25) is 5.91 Å². The Kier molecular flexibility index (Phi) is 2.87. The van der Waals surface area contributed by atoms with Crippen LogP contribution in [0.5, 0.6) is 0 Å². The lowest BCUT2D eigenvalue weighted by Gasteiger charge is -1.93. The van der Waals surface area contributed by atoms with Crippen LogP contribution >= 0.6 is 22.9 Å². The number of halogens is 1. The summed E-state index contributed by atoms with van der Waals surface area (Å²) < 4.78 is 0.685. The van der Waals surface area contributed by atoms with E-state index >= 15 is 0 Å². The molecule has 0 aromatic carbocycles. The van der Waals surface area contributed by atoms with Crippen LogP contribution in [0.2, 0.25) is 4.34 Å². The number of nitrogens with one attached hydrogen (secondary N) is 1. The first kappa shape index (κ1) is 8.52. The molecule has 60 valence electrons. The fourth-order valence-corrected chi connectivity index (χ4v) is 1.74. The molecule has 5 heteroatoms. The maximum atomic E-state index is 10.7. The largest absolute Gasteiger partial charge is 0.294 e. The molecule has 0 aliphatic carbocycles. The standard InChI is InChI=1S/C6H7ClN2OS/c7-5-2-1-4(11-5)3-6(10)9-8/h1-2H,3,8H2,(H,9,10). The van der Waals surface area contributed by atoms with Crippen LogP contribution in [0.25, 0.3) is 0 Å². The number of hydrogen-bond donors (Lipinski definition) is 2. The van der Waals surface area contributed by atoms with Gasteiger partial charge >= 0.3 is 0 Å². The van der Waals surface area contributed by atoms with Gasteiger partial charge < -0.3 is 0 Å². The van der Waals surface area contributed by atoms with Crippen LogP contribution in [0.3, 0.4) is 0 Å². The fourth-order valence-electron chi connectivity index (χ4n) is 0.656. The Morgan fingerprint density at radius 3 is 2.91 bits per heavy atom. The summed E-state index contributed by atoms with van der Waals surface area (Å²) in [4.78, 5) is 11.6. The van der Waals surface area contributed by atoms with Crippen LogP contribution in [0, 0.1) is 0 Å². The molecule has 0 radical (unpaired) electrons. The zero-order valence-corrected chi connectivity index (χ0v) is 7.21. The van der Waals surface area contributed by atoms with E-state index < -0.39 is 0 Å². The van der Waals surface area contributed by atoms with E-state index in [1.54, 1.807) is 6.07 Å². The lowest BCUT2D eigenvalue weighted by molar-refractivity contribution is -0.120. The van der Waals surface area contributed by atoms with E-state index in [4.69, 9.17) is 17.4 Å². The van der Waals surface area contributed by atoms with Crippen molar-refractivity contribution < 1.29 is 4.79 Å². The molecule has 0 atom stereocenters. The van der Waals surface area contributed by atoms with Gasteiger partial charge in [-0.25, -0.2) is 5.84 Å². The minimum absolute atomic E-state index is 0.205. The number of hydrogen-bond acceptors (Lipinski definition) is 3. The van der Waals surface area contributed by atoms with Crippen molar-refractivity contribution in [2.45, 2.75) is 6.42 Å². The predicted molar refractivity (Wildman–Crippen MR) is 45.4 cm³/mol. The summed E-state index contributed by atoms with van der Waals surface area (Å²) in [5.41, 5.74) is 2.05. The predicted octanol–water partition coefficient (Wildman–Crippen LogP) is 0.934. The maximum absolute atomic E-state index is 10.7. The lowest BCUT2D eigenvalue weighted by Crippen LogP contribution is -2.31. The highest BCUT2D eigenvalue weighted by molar-refractivity contribution is 7.16. The van der Waals surface area contributed by atoms with Gasteiger partial charge in [-0.2, -0.15) is 0 Å². The van der Waals surface area contributed by atoms with Crippen molar-refractivity contribution in [1.29, 1.82) is 0 Å². The molecule has 1 heterocycles. The summed E-state index contributed by atoms with van der Waals surface area (Å²) in [5.74, 6) is 4.69. The molecule has 0 saturated carbocycles. The molecule has 0 spiro atoms. The van der Waals surface area contributed by atoms with E-state index in [1.165, 1.54) is 11.3 Å². The van der Waals surface area contributed by atoms with Crippen molar-refractivity contribution in [3.8, 4) is 0 Å². The van der Waals surface area contributed by atoms with E-state index in [0.717, 1.165) is 4.88 Å². The highest BCUT2D eigenvalue weighted by atomic mass is 35.5. The number of amides is 1. The molecule has 11 heavy (non-hydrogen) atoms. The molecule has 0 unspecified atom stereocenters. The van der Waals surface area contributed by atoms with E-state index in [9.17, 15) is 4.79 Å². The molecule has 3 N–H and O–H groups in total. The Labute approximate surface area is 73.1 Å². The molecule has 1 aromatic heterocycles. The Morgan fingerprint density at radius 1 is 1.73 bits per heavy atom. The van der Waals surface area contributed by atoms with Crippen LogP contribution in [-0.4, -0.2) is 5.91 Å². The van der Waals surface area contributed by atoms with Crippen molar-refractivity contribution in [2.24, 2.45) is 5.84 Å². The molecular weight excluding hydrogens is 184 g/mol. The first-order chi connectivity index (χ1) is 5.22. The van der Waals surface area contributed by atoms with Crippen LogP contribution in [0.4, 0.5) is 0 Å². The van der Waals surface area contributed by atoms with E-state index in [2.05, 4.69) is 0 Å². The number of carbonyl (C=O) groups excluding carboxylic acids is 1. The van der Waals surface area contributed by atoms with Crippen LogP contribution in [0.15, 0.2) is 12.1 Å². The van der Waals surface area contributed by atoms with E-state index in [-0.39, 0.29) is 5.91 Å². The van der Waals surface area contributed by atoms with Crippen molar-refractivity contribution in [3.63, 3.8) is 0 Å². The average molecular weight is 191 g/mol. The van der Waals surface area contributed by atoms with Gasteiger partial charge in [-0.1, -0.05) is 11.6 Å². The summed E-state index contributed by atoms with van der Waals surface area (Å²) in [7, 11) is 0. The topological polar surface area (TPSA) is 55.1 Å². The van der Waals surface area contributed by atoms with Gasteiger partial charge in [0.25, 0.3) is 0 Å². The monoisotopic (exact) mass is 190 g/mol. The smallest absolute Gasteiger partial charge is 0.239 e. The van der Waals surface area contributed by atoms with Gasteiger partial charge in [-0.15, -0.1) is 11.3 Å². The number of hydrazine groups is 1. The quantitative estimate of drug-likeness (QED) is 0.414. The molecule has 0 fully saturated rings. The van der Waals surface area contributed by atoms with Gasteiger partial charge in [0.15, 0.2) is 0 Å². The molecule has 0 bridgehead atoms. The van der Waals surface area contributed by atoms with Crippen molar-refractivity contribution >= 4 is 28.8 Å². The van der Waals surface area contributed by atoms with E-state index in [1.807, 2.05) is 11.5 Å². The molecule has 1 rings (SSSR count). The SMILES string of the molecule is NNC(=O)Cc1ccc(Cl)s1. The van der Waals surface area contributed by atoms with E-state index in [0.29, 0.717) is 10.8 Å². The van der Waals surface area contributed by atoms with Crippen molar-refractivity contribution in [2.75, 3.05) is 0 Å². The Bertz CT molecular complexity index is 261. The highest BCUT2D eigenvalue weighted by Gasteiger charge is 2.02. The first-order valence-electron chi connectivity index (χ1n) is 2.96. The normalized spacial score (nSPS) is 9.64. The number of nitrogens with two attached hydrogens (primary N) is 1. The summed E-state index contributed by atoms with van der Waals surface area (Å²) in [6.07, 6.45) is 0.299. The van der Waals surface area contributed by atoms with Crippen LogP contribution in [0.1, 0.15) is 4.88 Å². The van der Waals surface area contributed by atoms with Gasteiger partial charge in [-0.3, -0.25) is 10.2 Å². The second kappa shape index (κ2) is 3.71. The molecule has 0 saturated heterocycles. The third-order valence-electron chi connectivity index (χ3n) is 1.12. The van der Waals surface area contributed by atoms with Gasteiger partial charge in [0.05, 0.1) is 10.8 Å². The third kappa shape index (κ3) is 2.49. The minimum Gasteiger partial charge on any atom is -0.294 e. The average Bonchev–Trinajstić information content (AvgIpc) is 2.35. The first-order valence-corrected chi connectivity index (χ1v) is 4.15. The Hall–Kier alpha value is -0.580. The third-order valence-corrected chi connectivity index (χ3v) is 2.36. The molecule has 3 nitrogen and oxygen atoms in total. The number of carbonyl (C=O) groups is 1. The fraction of sp³-hybridized carbons (Fsp3) is 0.167. The molecule has 0 aliphatic heterocycles. The van der Waals surface area contributed by atoms with Crippen molar-refractivity contribution in [1.82, 2.24) is 5.43 Å². The second-order valence-electron chi connectivity index (χ2n) is 1.95. The zero-order valence-electron chi connectivity index (χ0n) is 5.63. The Morgan fingerprint density at radius 2 is 2.45 bits per heavy atom. The molecule has 1 aromatic rings. The van der Waals surface area contributed by atoms with Crippen LogP contribution < -0.4 is 11.3 Å². The van der Waals surface area contributed by atoms with Crippen LogP contribution in [-0.2, 0) is 11.2 Å². The van der Waals surface area contributed by atoms with Gasteiger partial charge in [0.1, 0.15) is 0 Å². The Balaban J connectivity index is 2.57. The maximum Gasteiger partial charge on any atom is 0.239 e. The molecular formula is C6H7ClN2OS. The number of thiophene rings is 1. The zero-order chi connectivity index (χ0) is 8.27. The summed E-state index contributed by atoms with van der Waals surface area (Å²) in [6, 6.07) is 3.56. The molecule has 1 amide bonds.